The van der Waals surface area contributed by atoms with Gasteiger partial charge in [0, 0.05) is 31.2 Å². The van der Waals surface area contributed by atoms with Gasteiger partial charge < -0.3 is 19.6 Å². The zero-order valence-electron chi connectivity index (χ0n) is 11.3. The van der Waals surface area contributed by atoms with Crippen LogP contribution in [0.15, 0.2) is 27.8 Å². The van der Waals surface area contributed by atoms with Crippen LogP contribution < -0.4 is 5.73 Å². The highest BCUT2D eigenvalue weighted by Gasteiger charge is 2.12. The summed E-state index contributed by atoms with van der Waals surface area (Å²) in [4.78, 5) is 4.20. The molecule has 1 aromatic carbocycles. The summed E-state index contributed by atoms with van der Waals surface area (Å²) in [5.41, 5.74) is 7.48. The van der Waals surface area contributed by atoms with Crippen LogP contribution in [0, 0.1) is 0 Å². The molecule has 1 atom stereocenters. The molecule has 110 valence electrons. The Morgan fingerprint density at radius 1 is 1.35 bits per heavy atom. The largest absolute Gasteiger partial charge is 0.430 e. The van der Waals surface area contributed by atoms with Crippen molar-refractivity contribution in [3.05, 3.63) is 18.2 Å². The van der Waals surface area contributed by atoms with E-state index in [9.17, 15) is 4.21 Å². The lowest BCUT2D eigenvalue weighted by molar-refractivity contribution is 0.0713. The van der Waals surface area contributed by atoms with Gasteiger partial charge in [0.15, 0.2) is 5.58 Å². The molecule has 2 rings (SSSR count). The van der Waals surface area contributed by atoms with Crippen molar-refractivity contribution in [2.45, 2.75) is 11.6 Å². The van der Waals surface area contributed by atoms with Gasteiger partial charge in [-0.2, -0.15) is 0 Å². The Morgan fingerprint density at radius 2 is 2.20 bits per heavy atom. The van der Waals surface area contributed by atoms with E-state index < -0.39 is 10.8 Å². The Morgan fingerprint density at radius 3 is 3.00 bits per heavy atom. The highest BCUT2D eigenvalue weighted by molar-refractivity contribution is 7.84. The molecule has 0 aliphatic rings. The minimum absolute atomic E-state index is 0.238. The number of nitrogen functional groups attached to an aromatic ring is 1. The number of nitrogens with zero attached hydrogens (tertiary/aromatic N) is 1. The van der Waals surface area contributed by atoms with Gasteiger partial charge in [-0.3, -0.25) is 0 Å². The highest BCUT2D eigenvalue weighted by Crippen LogP contribution is 2.20. The Labute approximate surface area is 119 Å². The maximum atomic E-state index is 12.0. The van der Waals surface area contributed by atoms with Gasteiger partial charge in [0.05, 0.1) is 13.2 Å². The van der Waals surface area contributed by atoms with Crippen LogP contribution in [-0.2, 0) is 20.3 Å². The van der Waals surface area contributed by atoms with Crippen molar-refractivity contribution in [3.8, 4) is 0 Å². The second-order valence-electron chi connectivity index (χ2n) is 4.22. The fourth-order valence-electron chi connectivity index (χ4n) is 1.64. The number of aromatic nitrogens is 1. The molecule has 1 unspecified atom stereocenters. The first-order valence-corrected chi connectivity index (χ1v) is 7.63. The summed E-state index contributed by atoms with van der Waals surface area (Å²) in [6.07, 6.45) is 0.678. The van der Waals surface area contributed by atoms with E-state index in [1.54, 1.807) is 25.3 Å². The summed E-state index contributed by atoms with van der Waals surface area (Å²) < 4.78 is 27.7. The van der Waals surface area contributed by atoms with Gasteiger partial charge in [0.25, 0.3) is 5.22 Å². The van der Waals surface area contributed by atoms with E-state index in [1.165, 1.54) is 0 Å². The number of hydrogen-bond donors (Lipinski definition) is 1. The van der Waals surface area contributed by atoms with Crippen LogP contribution in [0.1, 0.15) is 6.42 Å². The number of ether oxygens (including phenoxy) is 2. The van der Waals surface area contributed by atoms with Crippen LogP contribution >= 0.6 is 0 Å². The van der Waals surface area contributed by atoms with Crippen LogP contribution in [0.3, 0.4) is 0 Å². The molecule has 1 aromatic heterocycles. The lowest BCUT2D eigenvalue weighted by Crippen LogP contribution is -2.06. The maximum absolute atomic E-state index is 12.0. The molecule has 2 N–H and O–H groups in total. The summed E-state index contributed by atoms with van der Waals surface area (Å²) in [6.45, 7) is 1.66. The monoisotopic (exact) mass is 298 g/mol. The molecule has 0 saturated carbocycles. The maximum Gasteiger partial charge on any atom is 0.287 e. The van der Waals surface area contributed by atoms with Crippen LogP contribution in [-0.4, -0.2) is 41.9 Å². The third-order valence-electron chi connectivity index (χ3n) is 2.64. The minimum atomic E-state index is -1.26. The molecule has 0 fully saturated rings. The van der Waals surface area contributed by atoms with E-state index in [0.717, 1.165) is 0 Å². The van der Waals surface area contributed by atoms with E-state index in [0.29, 0.717) is 48.8 Å². The number of anilines is 1. The summed E-state index contributed by atoms with van der Waals surface area (Å²) in [7, 11) is 0.364. The van der Waals surface area contributed by atoms with Crippen molar-refractivity contribution in [3.63, 3.8) is 0 Å². The number of fused-ring (bicyclic) bond motifs is 1. The molecule has 0 saturated heterocycles. The summed E-state index contributed by atoms with van der Waals surface area (Å²) in [5, 5.41) is 0.238. The first kappa shape index (κ1) is 15.0. The second-order valence-corrected chi connectivity index (χ2v) is 5.66. The van der Waals surface area contributed by atoms with Gasteiger partial charge in [-0.15, -0.1) is 0 Å². The molecule has 0 aliphatic heterocycles. The van der Waals surface area contributed by atoms with Crippen molar-refractivity contribution in [2.75, 3.05) is 38.4 Å². The molecule has 6 nitrogen and oxygen atoms in total. The van der Waals surface area contributed by atoms with Gasteiger partial charge in [-0.25, -0.2) is 9.19 Å². The fraction of sp³-hybridized carbons (Fsp3) is 0.462. The van der Waals surface area contributed by atoms with E-state index in [-0.39, 0.29) is 5.22 Å². The fourth-order valence-corrected chi connectivity index (χ4v) is 2.58. The molecule has 0 radical (unpaired) electrons. The van der Waals surface area contributed by atoms with E-state index in [1.807, 2.05) is 0 Å². The summed E-state index contributed by atoms with van der Waals surface area (Å²) >= 11 is 0. The molecule has 0 bridgehead atoms. The first-order valence-electron chi connectivity index (χ1n) is 6.32. The zero-order valence-corrected chi connectivity index (χ0v) is 12.1. The van der Waals surface area contributed by atoms with Crippen molar-refractivity contribution >= 4 is 27.6 Å². The molecule has 0 amide bonds. The van der Waals surface area contributed by atoms with E-state index in [2.05, 4.69) is 4.98 Å². The third-order valence-corrected chi connectivity index (χ3v) is 3.86. The van der Waals surface area contributed by atoms with Crippen LogP contribution in [0.5, 0.6) is 0 Å². The quantitative estimate of drug-likeness (QED) is 0.588. The predicted molar refractivity (Wildman–Crippen MR) is 77.0 cm³/mol. The van der Waals surface area contributed by atoms with Crippen LogP contribution in [0.4, 0.5) is 5.69 Å². The zero-order chi connectivity index (χ0) is 14.4. The Kier molecular flexibility index (Phi) is 5.51. The number of methoxy groups -OCH3 is 1. The van der Waals surface area contributed by atoms with Gasteiger partial charge in [0.1, 0.15) is 16.3 Å². The van der Waals surface area contributed by atoms with Gasteiger partial charge >= 0.3 is 0 Å². The SMILES string of the molecule is COCCOCCCS(=O)c1nc2ccc(N)cc2o1. The predicted octanol–water partition coefficient (Wildman–Crippen LogP) is 1.57. The average molecular weight is 298 g/mol. The Hall–Kier alpha value is -1.44. The number of rotatable bonds is 8. The summed E-state index contributed by atoms with van der Waals surface area (Å²) in [6, 6.07) is 5.17. The normalized spacial score (nSPS) is 12.8. The minimum Gasteiger partial charge on any atom is -0.430 e. The molecule has 2 aromatic rings. The molecular weight excluding hydrogens is 280 g/mol. The lowest BCUT2D eigenvalue weighted by Gasteiger charge is -2.02. The third kappa shape index (κ3) is 4.03. The second kappa shape index (κ2) is 7.37. The molecule has 0 aliphatic carbocycles. The van der Waals surface area contributed by atoms with Crippen LogP contribution in [0.2, 0.25) is 0 Å². The Balaban J connectivity index is 1.85. The molecule has 1 heterocycles. The van der Waals surface area contributed by atoms with E-state index >= 15 is 0 Å². The van der Waals surface area contributed by atoms with Crippen molar-refractivity contribution in [1.29, 1.82) is 0 Å². The van der Waals surface area contributed by atoms with Crippen LogP contribution in [0.25, 0.3) is 11.1 Å². The molecule has 7 heteroatoms. The standard InChI is InChI=1S/C13H18N2O4S/c1-17-6-7-18-5-2-8-20(16)13-15-11-4-3-10(14)9-12(11)19-13/h3-4,9H,2,5-8,14H2,1H3. The van der Waals surface area contributed by atoms with Crippen molar-refractivity contribution < 1.29 is 18.1 Å². The van der Waals surface area contributed by atoms with Crippen molar-refractivity contribution in [2.24, 2.45) is 0 Å². The van der Waals surface area contributed by atoms with Crippen molar-refractivity contribution in [1.82, 2.24) is 4.98 Å². The van der Waals surface area contributed by atoms with E-state index in [4.69, 9.17) is 19.6 Å². The molecular formula is C13H18N2O4S. The summed E-state index contributed by atoms with van der Waals surface area (Å²) in [5.74, 6) is 0.454. The van der Waals surface area contributed by atoms with Gasteiger partial charge in [-0.05, 0) is 18.6 Å². The lowest BCUT2D eigenvalue weighted by atomic mass is 10.3. The number of oxazole rings is 1. The Bertz CT molecular complexity index is 585. The topological polar surface area (TPSA) is 87.6 Å². The number of hydrogen-bond acceptors (Lipinski definition) is 6. The number of nitrogens with two attached hydrogens (primary N) is 1. The smallest absolute Gasteiger partial charge is 0.287 e. The number of benzene rings is 1. The van der Waals surface area contributed by atoms with Gasteiger partial charge in [0.2, 0.25) is 0 Å². The average Bonchev–Trinajstić information content (AvgIpc) is 2.85. The van der Waals surface area contributed by atoms with Gasteiger partial charge in [-0.1, -0.05) is 0 Å². The first-order chi connectivity index (χ1) is 9.70. The molecule has 20 heavy (non-hydrogen) atoms. The molecule has 0 spiro atoms. The highest BCUT2D eigenvalue weighted by atomic mass is 32.2.